The molecule has 1 aromatic rings. The van der Waals surface area contributed by atoms with Crippen LogP contribution in [0.25, 0.3) is 0 Å². The van der Waals surface area contributed by atoms with Gasteiger partial charge in [0, 0.05) is 38.4 Å². The second-order valence-corrected chi connectivity index (χ2v) is 7.75. The molecular formula is C21H29N3O6. The van der Waals surface area contributed by atoms with Crippen molar-refractivity contribution in [3.05, 3.63) is 18.2 Å². The molecular weight excluding hydrogens is 390 g/mol. The van der Waals surface area contributed by atoms with Crippen LogP contribution in [0.4, 0.5) is 5.69 Å². The van der Waals surface area contributed by atoms with E-state index in [-0.39, 0.29) is 36.6 Å². The molecule has 2 heterocycles. The number of hydrogen-bond acceptors (Lipinski definition) is 6. The molecule has 3 amide bonds. The molecule has 0 spiro atoms. The Hall–Kier alpha value is -2.81. The van der Waals surface area contributed by atoms with Gasteiger partial charge in [0.2, 0.25) is 17.7 Å². The third-order valence-corrected chi connectivity index (χ3v) is 5.19. The Morgan fingerprint density at radius 1 is 1.23 bits per heavy atom. The standard InChI is InChI=1S/C21H29N3O6/c1-13(2)19(21(27)22-6-7-28-3)23-20(26)14-10-18(25)24(12-14)15-4-5-16-17(11-15)30-9-8-29-16/h4-5,11,13-14,19H,6-10,12H2,1-3H3,(H,22,27)(H,23,26)/t14?,19-/m1/s1. The zero-order valence-electron chi connectivity index (χ0n) is 17.6. The number of fused-ring (bicyclic) bond motifs is 1. The van der Waals surface area contributed by atoms with Crippen molar-refractivity contribution in [2.45, 2.75) is 26.3 Å². The molecule has 2 aliphatic heterocycles. The van der Waals surface area contributed by atoms with Crippen molar-refractivity contribution in [2.75, 3.05) is 44.9 Å². The van der Waals surface area contributed by atoms with Crippen molar-refractivity contribution in [3.63, 3.8) is 0 Å². The molecule has 1 unspecified atom stereocenters. The maximum absolute atomic E-state index is 12.8. The summed E-state index contributed by atoms with van der Waals surface area (Å²) in [4.78, 5) is 39.4. The second kappa shape index (κ2) is 9.80. The second-order valence-electron chi connectivity index (χ2n) is 7.75. The summed E-state index contributed by atoms with van der Waals surface area (Å²) >= 11 is 0. The monoisotopic (exact) mass is 419 g/mol. The van der Waals surface area contributed by atoms with E-state index < -0.39 is 12.0 Å². The van der Waals surface area contributed by atoms with Gasteiger partial charge in [0.05, 0.1) is 12.5 Å². The summed E-state index contributed by atoms with van der Waals surface area (Å²) in [6.07, 6.45) is 0.0936. The fourth-order valence-corrected chi connectivity index (χ4v) is 3.53. The Balaban J connectivity index is 1.63. The first-order valence-electron chi connectivity index (χ1n) is 10.2. The van der Waals surface area contributed by atoms with Gasteiger partial charge in [0.1, 0.15) is 19.3 Å². The third kappa shape index (κ3) is 5.02. The van der Waals surface area contributed by atoms with Gasteiger partial charge >= 0.3 is 0 Å². The fourth-order valence-electron chi connectivity index (χ4n) is 3.53. The molecule has 30 heavy (non-hydrogen) atoms. The van der Waals surface area contributed by atoms with Gasteiger partial charge in [0.25, 0.3) is 0 Å². The van der Waals surface area contributed by atoms with Crippen molar-refractivity contribution in [1.29, 1.82) is 0 Å². The van der Waals surface area contributed by atoms with E-state index in [1.54, 1.807) is 30.2 Å². The van der Waals surface area contributed by atoms with Crippen LogP contribution in [-0.2, 0) is 19.1 Å². The van der Waals surface area contributed by atoms with Crippen LogP contribution in [0, 0.1) is 11.8 Å². The van der Waals surface area contributed by atoms with Crippen LogP contribution >= 0.6 is 0 Å². The van der Waals surface area contributed by atoms with Crippen LogP contribution < -0.4 is 25.0 Å². The van der Waals surface area contributed by atoms with Gasteiger partial charge in [-0.05, 0) is 18.1 Å². The SMILES string of the molecule is COCCNC(=O)[C@H](NC(=O)C1CC(=O)N(c2ccc3c(c2)OCCO3)C1)C(C)C. The van der Waals surface area contributed by atoms with E-state index in [4.69, 9.17) is 14.2 Å². The lowest BCUT2D eigenvalue weighted by atomic mass is 10.0. The fraction of sp³-hybridized carbons (Fsp3) is 0.571. The van der Waals surface area contributed by atoms with Gasteiger partial charge in [0.15, 0.2) is 11.5 Å². The van der Waals surface area contributed by atoms with Crippen LogP contribution in [0.15, 0.2) is 18.2 Å². The molecule has 0 radical (unpaired) electrons. The van der Waals surface area contributed by atoms with E-state index in [9.17, 15) is 14.4 Å². The highest BCUT2D eigenvalue weighted by atomic mass is 16.6. The molecule has 0 bridgehead atoms. The summed E-state index contributed by atoms with van der Waals surface area (Å²) in [5.74, 6) is -0.0941. The van der Waals surface area contributed by atoms with Crippen LogP contribution in [0.1, 0.15) is 20.3 Å². The van der Waals surface area contributed by atoms with Gasteiger partial charge in [-0.25, -0.2) is 0 Å². The van der Waals surface area contributed by atoms with Crippen molar-refractivity contribution < 1.29 is 28.6 Å². The maximum Gasteiger partial charge on any atom is 0.242 e. The van der Waals surface area contributed by atoms with Crippen molar-refractivity contribution in [1.82, 2.24) is 10.6 Å². The van der Waals surface area contributed by atoms with Crippen LogP contribution in [0.2, 0.25) is 0 Å². The summed E-state index contributed by atoms with van der Waals surface area (Å²) in [7, 11) is 1.55. The smallest absolute Gasteiger partial charge is 0.242 e. The molecule has 0 aliphatic carbocycles. The minimum atomic E-state index is -0.673. The first-order chi connectivity index (χ1) is 14.4. The zero-order chi connectivity index (χ0) is 21.7. The van der Waals surface area contributed by atoms with E-state index in [0.717, 1.165) is 0 Å². The zero-order valence-corrected chi connectivity index (χ0v) is 17.6. The highest BCUT2D eigenvalue weighted by molar-refractivity contribution is 6.01. The van der Waals surface area contributed by atoms with Gasteiger partial charge in [-0.3, -0.25) is 14.4 Å². The molecule has 9 nitrogen and oxygen atoms in total. The van der Waals surface area contributed by atoms with Crippen molar-refractivity contribution in [3.8, 4) is 11.5 Å². The highest BCUT2D eigenvalue weighted by Gasteiger charge is 2.37. The number of nitrogens with one attached hydrogen (secondary N) is 2. The lowest BCUT2D eigenvalue weighted by molar-refractivity contribution is -0.132. The first-order valence-corrected chi connectivity index (χ1v) is 10.2. The van der Waals surface area contributed by atoms with Crippen molar-refractivity contribution in [2.24, 2.45) is 11.8 Å². The van der Waals surface area contributed by atoms with Crippen molar-refractivity contribution >= 4 is 23.4 Å². The van der Waals surface area contributed by atoms with E-state index in [1.807, 2.05) is 13.8 Å². The minimum Gasteiger partial charge on any atom is -0.486 e. The molecule has 9 heteroatoms. The highest BCUT2D eigenvalue weighted by Crippen LogP contribution is 2.36. The first kappa shape index (κ1) is 21.9. The number of benzene rings is 1. The predicted molar refractivity (Wildman–Crippen MR) is 110 cm³/mol. The summed E-state index contributed by atoms with van der Waals surface area (Å²) in [5.41, 5.74) is 0.664. The number of amides is 3. The molecule has 1 saturated heterocycles. The minimum absolute atomic E-state index is 0.0936. The summed E-state index contributed by atoms with van der Waals surface area (Å²) in [5, 5.41) is 5.56. The summed E-state index contributed by atoms with van der Waals surface area (Å²) < 4.78 is 16.0. The molecule has 2 N–H and O–H groups in total. The Kier molecular flexibility index (Phi) is 7.15. The number of nitrogens with zero attached hydrogens (tertiary/aromatic N) is 1. The molecule has 2 aliphatic rings. The number of methoxy groups -OCH3 is 1. The number of ether oxygens (including phenoxy) is 3. The van der Waals surface area contributed by atoms with Gasteiger partial charge in [-0.2, -0.15) is 0 Å². The van der Waals surface area contributed by atoms with Crippen LogP contribution in [-0.4, -0.2) is 63.8 Å². The Bertz CT molecular complexity index is 797. The van der Waals surface area contributed by atoms with Gasteiger partial charge in [-0.1, -0.05) is 13.8 Å². The molecule has 0 saturated carbocycles. The number of carbonyl (C=O) groups excluding carboxylic acids is 3. The molecule has 1 aromatic carbocycles. The Morgan fingerprint density at radius 3 is 2.67 bits per heavy atom. The average molecular weight is 419 g/mol. The predicted octanol–water partition coefficient (Wildman–Crippen LogP) is 0.714. The number of hydrogen-bond donors (Lipinski definition) is 2. The molecule has 1 fully saturated rings. The van der Waals surface area contributed by atoms with E-state index in [0.29, 0.717) is 43.6 Å². The van der Waals surface area contributed by atoms with Gasteiger partial charge in [-0.15, -0.1) is 0 Å². The quantitative estimate of drug-likeness (QED) is 0.602. The molecule has 2 atom stereocenters. The number of rotatable bonds is 8. The average Bonchev–Trinajstić information content (AvgIpc) is 3.13. The van der Waals surface area contributed by atoms with E-state index in [2.05, 4.69) is 10.6 Å². The van der Waals surface area contributed by atoms with Crippen LogP contribution in [0.5, 0.6) is 11.5 Å². The van der Waals surface area contributed by atoms with E-state index >= 15 is 0 Å². The van der Waals surface area contributed by atoms with Gasteiger partial charge < -0.3 is 29.7 Å². The molecule has 3 rings (SSSR count). The summed E-state index contributed by atoms with van der Waals surface area (Å²) in [6.45, 7) is 5.69. The topological polar surface area (TPSA) is 106 Å². The Morgan fingerprint density at radius 2 is 1.97 bits per heavy atom. The summed E-state index contributed by atoms with van der Waals surface area (Å²) in [6, 6.07) is 4.63. The molecule has 164 valence electrons. The number of carbonyl (C=O) groups is 3. The largest absolute Gasteiger partial charge is 0.486 e. The Labute approximate surface area is 176 Å². The number of anilines is 1. The normalized spacial score (nSPS) is 19.0. The maximum atomic E-state index is 12.8. The third-order valence-electron chi connectivity index (χ3n) is 5.19. The van der Waals surface area contributed by atoms with Crippen LogP contribution in [0.3, 0.4) is 0 Å². The lowest BCUT2D eigenvalue weighted by Crippen LogP contribution is -2.51. The molecule has 0 aromatic heterocycles. The van der Waals surface area contributed by atoms with E-state index in [1.165, 1.54) is 0 Å². The lowest BCUT2D eigenvalue weighted by Gasteiger charge is -2.24.